The number of ether oxygens (including phenoxy) is 1. The number of likely N-dealkylation sites (tertiary alicyclic amines) is 1. The van der Waals surface area contributed by atoms with Gasteiger partial charge in [0.2, 0.25) is 5.91 Å². The number of nitrogens with zero attached hydrogens (tertiary/aromatic N) is 2. The molecule has 1 aromatic heterocycles. The number of piperidine rings is 1. The molecule has 146 valence electrons. The quantitative estimate of drug-likeness (QED) is 0.319. The predicted molar refractivity (Wildman–Crippen MR) is 107 cm³/mol. The summed E-state index contributed by atoms with van der Waals surface area (Å²) in [4.78, 5) is 29.1. The van der Waals surface area contributed by atoms with Crippen molar-refractivity contribution in [2.75, 3.05) is 26.2 Å². The van der Waals surface area contributed by atoms with Crippen LogP contribution in [0, 0.1) is 0 Å². The molecule has 2 heterocycles. The van der Waals surface area contributed by atoms with E-state index in [2.05, 4.69) is 15.6 Å². The fraction of sp³-hybridized carbons (Fsp3) is 0.562. The number of hydrogen-bond donors (Lipinski definition) is 3. The molecule has 0 saturated carbocycles. The molecule has 1 aliphatic rings. The first-order valence-electron chi connectivity index (χ1n) is 8.35. The minimum atomic E-state index is -0.282. The van der Waals surface area contributed by atoms with Gasteiger partial charge in [0.05, 0.1) is 19.4 Å². The van der Waals surface area contributed by atoms with Gasteiger partial charge in [0.15, 0.2) is 5.96 Å². The number of nitrogens with one attached hydrogen (secondary N) is 2. The summed E-state index contributed by atoms with van der Waals surface area (Å²) in [5, 5.41) is 5.78. The molecule has 4 N–H and O–H groups in total. The molecule has 9 nitrogen and oxygen atoms in total. The van der Waals surface area contributed by atoms with Crippen LogP contribution in [0.4, 0.5) is 4.79 Å². The average molecular weight is 479 g/mol. The molecule has 10 heteroatoms. The molecule has 2 rings (SSSR count). The first kappa shape index (κ1) is 22.1. The Hall–Kier alpha value is -1.98. The minimum absolute atomic E-state index is 0. The Morgan fingerprint density at radius 1 is 1.42 bits per heavy atom. The molecule has 26 heavy (non-hydrogen) atoms. The van der Waals surface area contributed by atoms with Gasteiger partial charge in [0.1, 0.15) is 12.3 Å². The number of carbonyl (C=O) groups is 2. The fourth-order valence-corrected chi connectivity index (χ4v) is 2.49. The van der Waals surface area contributed by atoms with Gasteiger partial charge in [-0.25, -0.2) is 9.79 Å². The van der Waals surface area contributed by atoms with Gasteiger partial charge >= 0.3 is 6.09 Å². The maximum absolute atomic E-state index is 11.7. The lowest BCUT2D eigenvalue weighted by Gasteiger charge is -2.31. The molecule has 1 fully saturated rings. The molecular formula is C16H26IN5O4. The van der Waals surface area contributed by atoms with Crippen molar-refractivity contribution >= 4 is 41.9 Å². The second-order valence-electron chi connectivity index (χ2n) is 5.66. The highest BCUT2D eigenvalue weighted by atomic mass is 127. The van der Waals surface area contributed by atoms with Crippen LogP contribution in [-0.4, -0.2) is 55.1 Å². The summed E-state index contributed by atoms with van der Waals surface area (Å²) < 4.78 is 10.1. The topological polar surface area (TPSA) is 122 Å². The van der Waals surface area contributed by atoms with Gasteiger partial charge in [0, 0.05) is 19.1 Å². The molecule has 2 amide bonds. The zero-order valence-corrected chi connectivity index (χ0v) is 17.1. The first-order valence-corrected chi connectivity index (χ1v) is 8.35. The Morgan fingerprint density at radius 2 is 2.15 bits per heavy atom. The molecule has 1 aliphatic heterocycles. The first-order chi connectivity index (χ1) is 12.1. The van der Waals surface area contributed by atoms with E-state index in [0.717, 1.165) is 12.8 Å². The number of carbonyl (C=O) groups excluding carboxylic acids is 2. The number of aliphatic imine (C=N–C) groups is 1. The van der Waals surface area contributed by atoms with Crippen LogP contribution >= 0.6 is 24.0 Å². The normalized spacial score (nSPS) is 15.1. The van der Waals surface area contributed by atoms with Crippen LogP contribution in [0.3, 0.4) is 0 Å². The van der Waals surface area contributed by atoms with Crippen LogP contribution in [-0.2, 0) is 16.1 Å². The molecule has 0 aromatic carbocycles. The summed E-state index contributed by atoms with van der Waals surface area (Å²) in [6, 6.07) is 3.66. The van der Waals surface area contributed by atoms with E-state index in [1.807, 2.05) is 0 Å². The Kier molecular flexibility index (Phi) is 9.84. The van der Waals surface area contributed by atoms with Crippen LogP contribution in [0.1, 0.15) is 25.5 Å². The summed E-state index contributed by atoms with van der Waals surface area (Å²) >= 11 is 0. The smallest absolute Gasteiger partial charge is 0.409 e. The maximum Gasteiger partial charge on any atom is 0.409 e. The van der Waals surface area contributed by atoms with E-state index in [4.69, 9.17) is 14.9 Å². The summed E-state index contributed by atoms with van der Waals surface area (Å²) in [6.45, 7) is 3.63. The van der Waals surface area contributed by atoms with Crippen LogP contribution in [0.25, 0.3) is 0 Å². The van der Waals surface area contributed by atoms with Crippen molar-refractivity contribution in [3.05, 3.63) is 24.2 Å². The van der Waals surface area contributed by atoms with Gasteiger partial charge in [0.25, 0.3) is 0 Å². The third-order valence-electron chi connectivity index (χ3n) is 3.81. The molecular weight excluding hydrogens is 453 g/mol. The summed E-state index contributed by atoms with van der Waals surface area (Å²) in [7, 11) is 0. The lowest BCUT2D eigenvalue weighted by molar-refractivity contribution is -0.119. The number of nitrogens with two attached hydrogens (primary N) is 1. The Balaban J connectivity index is 0.00000338. The molecule has 1 saturated heterocycles. The largest absolute Gasteiger partial charge is 0.467 e. The zero-order chi connectivity index (χ0) is 18.1. The number of rotatable bonds is 6. The molecule has 0 atom stereocenters. The molecule has 0 radical (unpaired) electrons. The van der Waals surface area contributed by atoms with Crippen molar-refractivity contribution in [2.45, 2.75) is 32.4 Å². The van der Waals surface area contributed by atoms with Gasteiger partial charge in [-0.1, -0.05) is 0 Å². The number of furan rings is 1. The third kappa shape index (κ3) is 7.50. The Bertz CT molecular complexity index is 585. The second kappa shape index (κ2) is 11.6. The lowest BCUT2D eigenvalue weighted by atomic mass is 10.1. The number of amides is 2. The van der Waals surface area contributed by atoms with Crippen LogP contribution < -0.4 is 16.4 Å². The predicted octanol–water partition coefficient (Wildman–Crippen LogP) is 1.04. The fourth-order valence-electron chi connectivity index (χ4n) is 2.49. The van der Waals surface area contributed by atoms with Gasteiger partial charge in [-0.05, 0) is 31.9 Å². The number of guanidine groups is 1. The maximum atomic E-state index is 11.7. The van der Waals surface area contributed by atoms with Crippen LogP contribution in [0.2, 0.25) is 0 Å². The molecule has 0 bridgehead atoms. The standard InChI is InChI=1S/C16H25N5O4.HI/c1-2-24-16(23)21-7-5-12(6-8-21)20-15(17)19-11-14(22)18-10-13-4-3-9-25-13;/h3-4,9,12H,2,5-8,10-11H2,1H3,(H,18,22)(H3,17,19,20);1H. The van der Waals surface area contributed by atoms with E-state index < -0.39 is 0 Å². The number of halogens is 1. The summed E-state index contributed by atoms with van der Waals surface area (Å²) in [5.41, 5.74) is 5.82. The highest BCUT2D eigenvalue weighted by molar-refractivity contribution is 14.0. The monoisotopic (exact) mass is 479 g/mol. The van der Waals surface area contributed by atoms with E-state index >= 15 is 0 Å². The Labute approximate surface area is 169 Å². The van der Waals surface area contributed by atoms with Crippen molar-refractivity contribution < 1.29 is 18.7 Å². The van der Waals surface area contributed by atoms with E-state index in [-0.39, 0.29) is 54.5 Å². The van der Waals surface area contributed by atoms with E-state index in [9.17, 15) is 9.59 Å². The van der Waals surface area contributed by atoms with Crippen molar-refractivity contribution in [2.24, 2.45) is 10.7 Å². The van der Waals surface area contributed by atoms with Gasteiger partial charge < -0.3 is 30.4 Å². The van der Waals surface area contributed by atoms with Crippen molar-refractivity contribution in [3.8, 4) is 0 Å². The van der Waals surface area contributed by atoms with Gasteiger partial charge in [-0.3, -0.25) is 4.79 Å². The van der Waals surface area contributed by atoms with Gasteiger partial charge in [-0.15, -0.1) is 24.0 Å². The minimum Gasteiger partial charge on any atom is -0.467 e. The average Bonchev–Trinajstić information content (AvgIpc) is 3.12. The SMILES string of the molecule is CCOC(=O)N1CCC(NC(N)=NCC(=O)NCc2ccco2)CC1.I. The molecule has 0 unspecified atom stereocenters. The molecule has 0 spiro atoms. The van der Waals surface area contributed by atoms with Crippen molar-refractivity contribution in [1.82, 2.24) is 15.5 Å². The zero-order valence-electron chi connectivity index (χ0n) is 14.8. The second-order valence-corrected chi connectivity index (χ2v) is 5.66. The van der Waals surface area contributed by atoms with E-state index in [1.54, 1.807) is 30.2 Å². The summed E-state index contributed by atoms with van der Waals surface area (Å²) in [6.07, 6.45) is 2.77. The van der Waals surface area contributed by atoms with E-state index in [0.29, 0.717) is 32.0 Å². The molecule has 0 aliphatic carbocycles. The number of hydrogen-bond acceptors (Lipinski definition) is 5. The third-order valence-corrected chi connectivity index (χ3v) is 3.81. The van der Waals surface area contributed by atoms with Gasteiger partial charge in [-0.2, -0.15) is 0 Å². The van der Waals surface area contributed by atoms with Crippen LogP contribution in [0.15, 0.2) is 27.8 Å². The highest BCUT2D eigenvalue weighted by Crippen LogP contribution is 2.11. The Morgan fingerprint density at radius 3 is 2.77 bits per heavy atom. The highest BCUT2D eigenvalue weighted by Gasteiger charge is 2.23. The van der Waals surface area contributed by atoms with Crippen molar-refractivity contribution in [1.29, 1.82) is 0 Å². The summed E-state index contributed by atoms with van der Waals surface area (Å²) in [5.74, 6) is 0.665. The molecule has 1 aromatic rings. The van der Waals surface area contributed by atoms with Crippen LogP contribution in [0.5, 0.6) is 0 Å². The van der Waals surface area contributed by atoms with Crippen molar-refractivity contribution in [3.63, 3.8) is 0 Å². The lowest BCUT2D eigenvalue weighted by Crippen LogP contribution is -2.48. The van der Waals surface area contributed by atoms with E-state index in [1.165, 1.54) is 0 Å².